The monoisotopic (exact) mass is 495 g/mol. The minimum Gasteiger partial charge on any atom is -0.458 e. The van der Waals surface area contributed by atoms with Gasteiger partial charge in [-0.15, -0.1) is 0 Å². The van der Waals surface area contributed by atoms with Crippen LogP contribution in [-0.4, -0.2) is 26.8 Å². The summed E-state index contributed by atoms with van der Waals surface area (Å²) in [6.45, 7) is 2.25. The van der Waals surface area contributed by atoms with E-state index < -0.39 is 11.6 Å². The molecule has 0 saturated carbocycles. The first-order chi connectivity index (χ1) is 18.0. The Bertz CT molecular complexity index is 1630. The van der Waals surface area contributed by atoms with Crippen LogP contribution in [0.2, 0.25) is 0 Å². The summed E-state index contributed by atoms with van der Waals surface area (Å²) in [7, 11) is 0. The molecule has 8 nitrogen and oxygen atoms in total. The van der Waals surface area contributed by atoms with Crippen molar-refractivity contribution < 1.29 is 19.5 Å². The van der Waals surface area contributed by atoms with Crippen LogP contribution in [0.25, 0.3) is 22.3 Å². The predicted molar refractivity (Wildman–Crippen MR) is 138 cm³/mol. The second-order valence-electron chi connectivity index (χ2n) is 9.29. The minimum atomic E-state index is -1.85. The van der Waals surface area contributed by atoms with Gasteiger partial charge in [-0.05, 0) is 29.7 Å². The number of aromatic nitrogens is 2. The van der Waals surface area contributed by atoms with E-state index in [4.69, 9.17) is 14.6 Å². The Balaban J connectivity index is 1.41. The summed E-state index contributed by atoms with van der Waals surface area (Å²) < 4.78 is 6.82. The van der Waals surface area contributed by atoms with Gasteiger partial charge in [0.05, 0.1) is 29.0 Å². The number of esters is 1. The molecule has 0 aliphatic carbocycles. The largest absolute Gasteiger partial charge is 0.458 e. The van der Waals surface area contributed by atoms with Crippen molar-refractivity contribution in [3.63, 3.8) is 0 Å². The lowest BCUT2D eigenvalue weighted by atomic mass is 9.86. The molecule has 186 valence electrons. The number of carbonyl (C=O) groups excluding carboxylic acids is 1. The van der Waals surface area contributed by atoms with Crippen LogP contribution in [0.4, 0.5) is 0 Å². The lowest BCUT2D eigenvalue weighted by Crippen LogP contribution is -2.44. The second kappa shape index (κ2) is 8.97. The summed E-state index contributed by atoms with van der Waals surface area (Å²) >= 11 is 0. The van der Waals surface area contributed by atoms with Gasteiger partial charge >= 0.3 is 5.97 Å². The van der Waals surface area contributed by atoms with Gasteiger partial charge in [-0.2, -0.15) is 0 Å². The Morgan fingerprint density at radius 3 is 2.73 bits per heavy atom. The fourth-order valence-corrected chi connectivity index (χ4v) is 5.21. The van der Waals surface area contributed by atoms with Crippen LogP contribution in [0.5, 0.6) is 0 Å². The van der Waals surface area contributed by atoms with Crippen molar-refractivity contribution in [2.75, 3.05) is 0 Å². The summed E-state index contributed by atoms with van der Waals surface area (Å²) in [5, 5.41) is 16.2. The van der Waals surface area contributed by atoms with Crippen LogP contribution in [0.1, 0.15) is 41.2 Å². The summed E-state index contributed by atoms with van der Waals surface area (Å²) in [6, 6.07) is 19.4. The topological polar surface area (TPSA) is 103 Å². The number of nitrogens with zero attached hydrogens (tertiary/aromatic N) is 3. The Morgan fingerprint density at radius 1 is 1.14 bits per heavy atom. The fraction of sp³-hybridized carbons (Fsp3) is 0.241. The molecule has 0 radical (unpaired) electrons. The Morgan fingerprint density at radius 2 is 1.92 bits per heavy atom. The summed E-state index contributed by atoms with van der Waals surface area (Å²) in [5.74, 6) is -0.732. The number of para-hydroxylation sites is 1. The van der Waals surface area contributed by atoms with E-state index in [1.807, 2.05) is 54.6 Å². The highest BCUT2D eigenvalue weighted by atomic mass is 16.6. The molecule has 0 saturated heterocycles. The third-order valence-electron chi connectivity index (χ3n) is 7.23. The highest BCUT2D eigenvalue weighted by Crippen LogP contribution is 2.40. The molecule has 37 heavy (non-hydrogen) atoms. The van der Waals surface area contributed by atoms with Crippen molar-refractivity contribution in [3.05, 3.63) is 98.8 Å². The van der Waals surface area contributed by atoms with Crippen molar-refractivity contribution >= 4 is 23.1 Å². The number of oxime groups is 1. The molecule has 6 rings (SSSR count). The fourth-order valence-electron chi connectivity index (χ4n) is 5.21. The molecule has 2 aliphatic rings. The van der Waals surface area contributed by atoms with Gasteiger partial charge < -0.3 is 19.2 Å². The number of cyclic esters (lactones) is 1. The number of carbonyl (C=O) groups is 1. The maximum absolute atomic E-state index is 13.5. The van der Waals surface area contributed by atoms with Crippen LogP contribution >= 0.6 is 0 Å². The van der Waals surface area contributed by atoms with Gasteiger partial charge in [0.25, 0.3) is 5.56 Å². The lowest BCUT2D eigenvalue weighted by Gasteiger charge is -2.31. The molecule has 2 aromatic heterocycles. The molecule has 4 heterocycles. The number of hydrogen-bond donors (Lipinski definition) is 1. The van der Waals surface area contributed by atoms with Gasteiger partial charge in [0.15, 0.2) is 5.60 Å². The van der Waals surface area contributed by atoms with E-state index in [0.29, 0.717) is 42.1 Å². The molecule has 8 heteroatoms. The van der Waals surface area contributed by atoms with Gasteiger partial charge in [-0.3, -0.25) is 4.79 Å². The number of aliphatic hydroxyl groups is 1. The Kier molecular flexibility index (Phi) is 5.61. The molecule has 0 bridgehead atoms. The number of hydrogen-bond acceptors (Lipinski definition) is 7. The number of pyridine rings is 2. The standard InChI is InChI=1S/C29H25N3O5/c1-2-29(35)23-14-25-26-21(15-32(25)27(33)22(23)17-36-28(29)34)19(20-10-6-7-11-24(20)31-26)12-13-30-37-16-18-8-4-3-5-9-18/h3-11,13-14,35H,2,12,15-17H2,1H3/t29-/m0/s1. The summed E-state index contributed by atoms with van der Waals surface area (Å²) in [5.41, 5.74) is 3.49. The molecule has 4 aromatic rings. The zero-order valence-corrected chi connectivity index (χ0v) is 20.3. The van der Waals surface area contributed by atoms with Crippen molar-refractivity contribution in [1.29, 1.82) is 0 Å². The van der Waals surface area contributed by atoms with Crippen molar-refractivity contribution in [3.8, 4) is 11.4 Å². The smallest absolute Gasteiger partial charge is 0.343 e. The van der Waals surface area contributed by atoms with Crippen LogP contribution in [-0.2, 0) is 46.1 Å². The molecule has 2 aliphatic heterocycles. The number of fused-ring (bicyclic) bond motifs is 5. The van der Waals surface area contributed by atoms with Crippen LogP contribution in [0.15, 0.2) is 70.6 Å². The summed E-state index contributed by atoms with van der Waals surface area (Å²) in [4.78, 5) is 36.3. The van der Waals surface area contributed by atoms with Gasteiger partial charge in [-0.25, -0.2) is 9.78 Å². The van der Waals surface area contributed by atoms with Crippen LogP contribution in [0, 0.1) is 0 Å². The molecule has 0 spiro atoms. The van der Waals surface area contributed by atoms with Crippen LogP contribution in [0.3, 0.4) is 0 Å². The van der Waals surface area contributed by atoms with E-state index >= 15 is 0 Å². The third kappa shape index (κ3) is 3.72. The van der Waals surface area contributed by atoms with E-state index in [1.165, 1.54) is 0 Å². The zero-order valence-electron chi connectivity index (χ0n) is 20.3. The first-order valence-electron chi connectivity index (χ1n) is 12.3. The van der Waals surface area contributed by atoms with E-state index in [-0.39, 0.29) is 18.6 Å². The highest BCUT2D eigenvalue weighted by molar-refractivity contribution is 5.90. The molecule has 1 N–H and O–H groups in total. The number of rotatable bonds is 6. The lowest BCUT2D eigenvalue weighted by molar-refractivity contribution is -0.172. The quantitative estimate of drug-likeness (QED) is 0.218. The van der Waals surface area contributed by atoms with Crippen molar-refractivity contribution in [2.24, 2.45) is 5.16 Å². The molecule has 0 fully saturated rings. The van der Waals surface area contributed by atoms with E-state index in [2.05, 4.69) is 5.16 Å². The van der Waals surface area contributed by atoms with Crippen molar-refractivity contribution in [2.45, 2.75) is 45.1 Å². The molecular formula is C29H25N3O5. The molecular weight excluding hydrogens is 470 g/mol. The van der Waals surface area contributed by atoms with E-state index in [9.17, 15) is 14.7 Å². The molecule has 0 amide bonds. The second-order valence-corrected chi connectivity index (χ2v) is 9.29. The molecule has 1 atom stereocenters. The molecule has 2 aromatic carbocycles. The highest BCUT2D eigenvalue weighted by Gasteiger charge is 2.45. The van der Waals surface area contributed by atoms with Gasteiger partial charge in [0.1, 0.15) is 13.2 Å². The first-order valence-corrected chi connectivity index (χ1v) is 12.3. The molecule has 0 unspecified atom stereocenters. The summed E-state index contributed by atoms with van der Waals surface area (Å²) in [6.07, 6.45) is 2.32. The predicted octanol–water partition coefficient (Wildman–Crippen LogP) is 3.82. The van der Waals surface area contributed by atoms with E-state index in [0.717, 1.165) is 27.6 Å². The minimum absolute atomic E-state index is 0.102. The number of ether oxygens (including phenoxy) is 1. The van der Waals surface area contributed by atoms with Crippen molar-refractivity contribution in [1.82, 2.24) is 9.55 Å². The average Bonchev–Trinajstić information content (AvgIpc) is 3.29. The Labute approximate surface area is 212 Å². The maximum atomic E-state index is 13.5. The SMILES string of the molecule is CC[C@@]1(O)C(=O)OCc2c1cc1n(c2=O)Cc2c-1nc1ccccc1c2CC=NOCc1ccccc1. The third-order valence-corrected chi connectivity index (χ3v) is 7.23. The first kappa shape index (κ1) is 23.1. The maximum Gasteiger partial charge on any atom is 0.343 e. The zero-order chi connectivity index (χ0) is 25.6. The number of benzene rings is 2. The van der Waals surface area contributed by atoms with Gasteiger partial charge in [0, 0.05) is 29.1 Å². The normalized spacial score (nSPS) is 17.9. The average molecular weight is 496 g/mol. The van der Waals surface area contributed by atoms with E-state index in [1.54, 1.807) is 23.8 Å². The van der Waals surface area contributed by atoms with Gasteiger partial charge in [0.2, 0.25) is 0 Å². The van der Waals surface area contributed by atoms with Crippen LogP contribution < -0.4 is 5.56 Å². The Hall–Kier alpha value is -4.30. The van der Waals surface area contributed by atoms with Gasteiger partial charge in [-0.1, -0.05) is 60.6 Å².